The third kappa shape index (κ3) is 6.95. The third-order valence-electron chi connectivity index (χ3n) is 9.07. The van der Waals surface area contributed by atoms with Crippen molar-refractivity contribution in [3.63, 3.8) is 0 Å². The van der Waals surface area contributed by atoms with Crippen LogP contribution in [0, 0.1) is 6.92 Å². The minimum Gasteiger partial charge on any atom is -0.494 e. The van der Waals surface area contributed by atoms with Gasteiger partial charge in [-0.3, -0.25) is 19.4 Å². The van der Waals surface area contributed by atoms with E-state index in [1.54, 1.807) is 79.3 Å². The molecule has 0 aliphatic carbocycles. The molecule has 0 bridgehead atoms. The Hall–Kier alpha value is -6.44. The molecule has 3 aromatic carbocycles. The fourth-order valence-electron chi connectivity index (χ4n) is 6.42. The van der Waals surface area contributed by atoms with Crippen LogP contribution in [0.25, 0.3) is 5.69 Å². The topological polar surface area (TPSA) is 154 Å². The largest absolute Gasteiger partial charge is 0.494 e. The Kier molecular flexibility index (Phi) is 9.44. The van der Waals surface area contributed by atoms with Crippen LogP contribution < -0.4 is 24.8 Å². The van der Waals surface area contributed by atoms with Crippen molar-refractivity contribution >= 4 is 41.0 Å². The normalized spacial score (nSPS) is 14.5. The lowest BCUT2D eigenvalue weighted by Crippen LogP contribution is -2.44. The number of aliphatic imine (C=N–C) groups is 1. The van der Waals surface area contributed by atoms with Crippen molar-refractivity contribution in [3.8, 4) is 22.9 Å². The summed E-state index contributed by atoms with van der Waals surface area (Å²) in [5.74, 6) is 1.29. The zero-order valence-corrected chi connectivity index (χ0v) is 29.3. The number of aromatic nitrogens is 4. The minimum atomic E-state index is -0.357. The molecular formula is C38H38N8O6. The van der Waals surface area contributed by atoms with Crippen molar-refractivity contribution in [1.29, 1.82) is 0 Å². The molecule has 0 fully saturated rings. The maximum atomic E-state index is 13.6. The lowest BCUT2D eigenvalue weighted by molar-refractivity contribution is -0.116. The molecule has 4 heterocycles. The van der Waals surface area contributed by atoms with Crippen molar-refractivity contribution in [2.45, 2.75) is 38.8 Å². The Morgan fingerprint density at radius 1 is 0.942 bits per heavy atom. The number of hydrogen-bond acceptors (Lipinski definition) is 9. The molecule has 3 amide bonds. The summed E-state index contributed by atoms with van der Waals surface area (Å²) in [6, 6.07) is 18.2. The molecule has 7 rings (SSSR count). The summed E-state index contributed by atoms with van der Waals surface area (Å²) in [4.78, 5) is 50.3. The Bertz CT molecular complexity index is 2200. The summed E-state index contributed by atoms with van der Waals surface area (Å²) >= 11 is 0. The van der Waals surface area contributed by atoms with Crippen LogP contribution in [0.5, 0.6) is 17.2 Å². The van der Waals surface area contributed by atoms with E-state index in [-0.39, 0.29) is 36.8 Å². The van der Waals surface area contributed by atoms with E-state index in [0.717, 1.165) is 5.56 Å². The van der Waals surface area contributed by atoms with Crippen LogP contribution in [0.1, 0.15) is 50.6 Å². The summed E-state index contributed by atoms with van der Waals surface area (Å²) in [5.41, 5.74) is 5.37. The molecule has 5 aromatic rings. The molecule has 14 heteroatoms. The number of carbonyl (C=O) groups is 3. The zero-order valence-electron chi connectivity index (χ0n) is 29.3. The number of nitrogens with zero attached hydrogens (tertiary/aromatic N) is 6. The molecule has 14 nitrogen and oxygen atoms in total. The molecule has 0 unspecified atom stereocenters. The fourth-order valence-corrected chi connectivity index (χ4v) is 6.42. The second-order valence-electron chi connectivity index (χ2n) is 12.6. The maximum Gasteiger partial charge on any atom is 0.272 e. The van der Waals surface area contributed by atoms with Gasteiger partial charge >= 0.3 is 0 Å². The first-order valence-electron chi connectivity index (χ1n) is 16.8. The quantitative estimate of drug-likeness (QED) is 0.177. The monoisotopic (exact) mass is 702 g/mol. The van der Waals surface area contributed by atoms with E-state index >= 15 is 0 Å². The SMILES string of the molecule is COc1cc2c(cc1OCCCC(=O)Nc1cc(C(=O)Nc3ccc(-n4cnc(C)n4)c(OC)c3)n(C)c1)N=C[C@@H]1Cc3ccccc3CN1C2=O. The summed E-state index contributed by atoms with van der Waals surface area (Å²) < 4.78 is 20.4. The predicted molar refractivity (Wildman–Crippen MR) is 194 cm³/mol. The van der Waals surface area contributed by atoms with Gasteiger partial charge in [-0.2, -0.15) is 5.10 Å². The molecular weight excluding hydrogens is 664 g/mol. The van der Waals surface area contributed by atoms with Gasteiger partial charge in [0.15, 0.2) is 11.5 Å². The van der Waals surface area contributed by atoms with E-state index in [2.05, 4.69) is 37.8 Å². The number of aryl methyl sites for hydroxylation is 2. The Labute approximate surface area is 300 Å². The predicted octanol–water partition coefficient (Wildman–Crippen LogP) is 5.26. The summed E-state index contributed by atoms with van der Waals surface area (Å²) in [6.07, 6.45) is 6.38. The Morgan fingerprint density at radius 3 is 2.52 bits per heavy atom. The number of nitrogens with one attached hydrogen (secondary N) is 2. The van der Waals surface area contributed by atoms with Crippen LogP contribution in [-0.2, 0) is 24.8 Å². The van der Waals surface area contributed by atoms with Gasteiger partial charge in [0.2, 0.25) is 5.91 Å². The van der Waals surface area contributed by atoms with Gasteiger partial charge in [-0.15, -0.1) is 0 Å². The van der Waals surface area contributed by atoms with Gasteiger partial charge in [-0.25, -0.2) is 9.67 Å². The van der Waals surface area contributed by atoms with E-state index in [4.69, 9.17) is 14.2 Å². The van der Waals surface area contributed by atoms with Crippen LogP contribution in [-0.4, -0.2) is 75.0 Å². The average molecular weight is 703 g/mol. The lowest BCUT2D eigenvalue weighted by Gasteiger charge is -2.34. The van der Waals surface area contributed by atoms with Crippen LogP contribution >= 0.6 is 0 Å². The van der Waals surface area contributed by atoms with Gasteiger partial charge in [0, 0.05) is 50.2 Å². The first-order valence-corrected chi connectivity index (χ1v) is 16.8. The van der Waals surface area contributed by atoms with E-state index in [9.17, 15) is 14.4 Å². The Balaban J connectivity index is 0.934. The number of carbonyl (C=O) groups excluding carboxylic acids is 3. The van der Waals surface area contributed by atoms with E-state index in [0.29, 0.717) is 76.5 Å². The van der Waals surface area contributed by atoms with Crippen LogP contribution in [0.4, 0.5) is 17.1 Å². The number of ether oxygens (including phenoxy) is 3. The van der Waals surface area contributed by atoms with Gasteiger partial charge in [-0.1, -0.05) is 24.3 Å². The smallest absolute Gasteiger partial charge is 0.272 e. The van der Waals surface area contributed by atoms with Gasteiger partial charge in [0.05, 0.1) is 43.8 Å². The number of hydrogen-bond donors (Lipinski definition) is 2. The zero-order chi connectivity index (χ0) is 36.4. The van der Waals surface area contributed by atoms with Gasteiger partial charge in [0.1, 0.15) is 29.3 Å². The molecule has 2 aliphatic rings. The number of amides is 3. The third-order valence-corrected chi connectivity index (χ3v) is 9.07. The standard InChI is InChI=1S/C38H38N8O6/c1-23-40-22-46(43-23)31-12-11-26(16-33(31)50-3)42-37(48)32-15-27(21-44(32)2)41-36(47)10-7-13-52-35-18-30-29(17-34(35)51-4)38(49)45-20-25-9-6-5-8-24(25)14-28(45)19-39-30/h5-6,8-9,11-12,15-19,21-22,28H,7,10,13-14,20H2,1-4H3,(H,41,47)(H,42,48)/t28-/m0/s1. The van der Waals surface area contributed by atoms with Crippen molar-refractivity contribution in [3.05, 3.63) is 101 Å². The van der Waals surface area contributed by atoms with Crippen molar-refractivity contribution < 1.29 is 28.6 Å². The molecule has 0 radical (unpaired) electrons. The van der Waals surface area contributed by atoms with Crippen molar-refractivity contribution in [2.24, 2.45) is 12.0 Å². The molecule has 2 aliphatic heterocycles. The van der Waals surface area contributed by atoms with E-state index in [1.165, 1.54) is 12.7 Å². The number of fused-ring (bicyclic) bond motifs is 3. The number of rotatable bonds is 11. The molecule has 52 heavy (non-hydrogen) atoms. The fraction of sp³-hybridized carbons (Fsp3) is 0.263. The lowest BCUT2D eigenvalue weighted by atomic mass is 9.94. The number of benzene rings is 3. The number of methoxy groups -OCH3 is 2. The van der Waals surface area contributed by atoms with E-state index in [1.807, 2.05) is 23.2 Å². The first kappa shape index (κ1) is 34.0. The first-order chi connectivity index (χ1) is 25.2. The minimum absolute atomic E-state index is 0.108. The highest BCUT2D eigenvalue weighted by Crippen LogP contribution is 2.38. The second kappa shape index (κ2) is 14.4. The van der Waals surface area contributed by atoms with Gasteiger partial charge in [0.25, 0.3) is 11.8 Å². The molecule has 2 N–H and O–H groups in total. The van der Waals surface area contributed by atoms with Gasteiger partial charge in [-0.05, 0) is 55.2 Å². The molecule has 2 aromatic heterocycles. The molecule has 0 saturated heterocycles. The summed E-state index contributed by atoms with van der Waals surface area (Å²) in [7, 11) is 4.79. The van der Waals surface area contributed by atoms with Crippen LogP contribution in [0.3, 0.4) is 0 Å². The second-order valence-corrected chi connectivity index (χ2v) is 12.6. The summed E-state index contributed by atoms with van der Waals surface area (Å²) in [6.45, 7) is 2.54. The highest BCUT2D eigenvalue weighted by atomic mass is 16.5. The maximum absolute atomic E-state index is 13.6. The molecule has 0 saturated carbocycles. The Morgan fingerprint density at radius 2 is 1.75 bits per heavy atom. The molecule has 266 valence electrons. The van der Waals surface area contributed by atoms with Gasteiger partial charge < -0.3 is 34.3 Å². The van der Waals surface area contributed by atoms with Crippen molar-refractivity contribution in [1.82, 2.24) is 24.2 Å². The summed E-state index contributed by atoms with van der Waals surface area (Å²) in [5, 5.41) is 10.1. The highest BCUT2D eigenvalue weighted by Gasteiger charge is 2.33. The number of anilines is 2. The van der Waals surface area contributed by atoms with E-state index < -0.39 is 0 Å². The van der Waals surface area contributed by atoms with Crippen LogP contribution in [0.15, 0.2) is 78.2 Å². The average Bonchev–Trinajstić information content (AvgIpc) is 3.72. The highest BCUT2D eigenvalue weighted by molar-refractivity contribution is 6.05. The molecule has 0 spiro atoms. The van der Waals surface area contributed by atoms with Crippen LogP contribution in [0.2, 0.25) is 0 Å². The molecule has 1 atom stereocenters. The van der Waals surface area contributed by atoms with Crippen molar-refractivity contribution in [2.75, 3.05) is 31.5 Å².